The molecule has 0 radical (unpaired) electrons. The first kappa shape index (κ1) is 22.3. The Labute approximate surface area is 193 Å². The van der Waals surface area contributed by atoms with E-state index in [1.165, 1.54) is 42.5 Å². The molecule has 1 fully saturated rings. The molecule has 1 saturated heterocycles. The van der Waals surface area contributed by atoms with Crippen LogP contribution in [0.15, 0.2) is 38.5 Å². The molecule has 2 aliphatic rings. The van der Waals surface area contributed by atoms with Crippen LogP contribution in [-0.4, -0.2) is 73.1 Å². The molecule has 0 aromatic carbocycles. The number of hydrogen-bond acceptors (Lipinski definition) is 12. The summed E-state index contributed by atoms with van der Waals surface area (Å²) < 4.78 is 9.97. The number of allylic oxidation sites excluding steroid dienone is 1. The second-order valence-electron chi connectivity index (χ2n) is 6.66. The topological polar surface area (TPSA) is 193 Å². The number of nitrogens with two attached hydrogens (primary N) is 1. The van der Waals surface area contributed by atoms with Gasteiger partial charge in [-0.3, -0.25) is 14.5 Å². The van der Waals surface area contributed by atoms with Gasteiger partial charge in [-0.05, 0) is 16.8 Å². The summed E-state index contributed by atoms with van der Waals surface area (Å²) in [4.78, 5) is 42.2. The number of anilines is 1. The first-order chi connectivity index (χ1) is 15.8. The summed E-state index contributed by atoms with van der Waals surface area (Å²) in [6.07, 6.45) is 3.04. The molecular formula is C18H16N6O7S2. The second kappa shape index (κ2) is 8.95. The summed E-state index contributed by atoms with van der Waals surface area (Å²) in [5.41, 5.74) is 5.38. The Hall–Kier alpha value is -3.85. The normalized spacial score (nSPS) is 20.6. The van der Waals surface area contributed by atoms with E-state index in [2.05, 4.69) is 20.6 Å². The largest absolute Gasteiger partial charge is 0.479 e. The van der Waals surface area contributed by atoms with E-state index >= 15 is 0 Å². The number of fused-ring (bicyclic) bond motifs is 1. The molecule has 15 heteroatoms. The molecule has 5 N–H and O–H groups in total. The number of ether oxygens (including phenoxy) is 1. The molecule has 0 bridgehead atoms. The van der Waals surface area contributed by atoms with Gasteiger partial charge in [0.2, 0.25) is 0 Å². The first-order valence-electron chi connectivity index (χ1n) is 9.18. The molecule has 2 atom stereocenters. The number of thioether (sulfide) groups is 1. The molecule has 0 unspecified atom stereocenters. The number of nitrogen functional groups attached to an aromatic ring is 1. The van der Waals surface area contributed by atoms with Crippen molar-refractivity contribution in [2.75, 3.05) is 18.6 Å². The van der Waals surface area contributed by atoms with Gasteiger partial charge in [0.05, 0.1) is 7.11 Å². The van der Waals surface area contributed by atoms with E-state index in [0.717, 1.165) is 16.2 Å². The number of oxime groups is 1. The Morgan fingerprint density at radius 3 is 2.85 bits per heavy atom. The minimum atomic E-state index is -1.29. The fourth-order valence-corrected chi connectivity index (χ4v) is 5.09. The highest BCUT2D eigenvalue weighted by Gasteiger charge is 2.54. The summed E-state index contributed by atoms with van der Waals surface area (Å²) in [6.45, 7) is 0. The Morgan fingerprint density at radius 2 is 2.24 bits per heavy atom. The lowest BCUT2D eigenvalue weighted by Crippen LogP contribution is -2.71. The van der Waals surface area contributed by atoms with E-state index in [1.54, 1.807) is 0 Å². The molecule has 0 saturated carbocycles. The third kappa shape index (κ3) is 4.14. The van der Waals surface area contributed by atoms with Crippen LogP contribution >= 0.6 is 23.1 Å². The summed E-state index contributed by atoms with van der Waals surface area (Å²) in [6, 6.07) is 0.515. The Morgan fingerprint density at radius 1 is 1.45 bits per heavy atom. The number of thiazole rings is 1. The van der Waals surface area contributed by atoms with E-state index in [-0.39, 0.29) is 28.2 Å². The number of methoxy groups -OCH3 is 1. The summed E-state index contributed by atoms with van der Waals surface area (Å²) >= 11 is 2.32. The lowest BCUT2D eigenvalue weighted by molar-refractivity contribution is -0.150. The van der Waals surface area contributed by atoms with E-state index < -0.39 is 34.9 Å². The third-order valence-corrected chi connectivity index (χ3v) is 6.71. The predicted molar refractivity (Wildman–Crippen MR) is 117 cm³/mol. The molecule has 172 valence electrons. The van der Waals surface area contributed by atoms with Crippen LogP contribution in [0.2, 0.25) is 0 Å². The molecule has 0 spiro atoms. The van der Waals surface area contributed by atoms with Gasteiger partial charge in [-0.2, -0.15) is 0 Å². The molecule has 33 heavy (non-hydrogen) atoms. The number of carbonyl (C=O) groups excluding carboxylic acids is 2. The zero-order chi connectivity index (χ0) is 23.7. The van der Waals surface area contributed by atoms with Crippen molar-refractivity contribution in [2.45, 2.75) is 11.4 Å². The van der Waals surface area contributed by atoms with Crippen LogP contribution < -0.4 is 15.8 Å². The molecule has 4 rings (SSSR count). The number of aromatic nitrogens is 2. The monoisotopic (exact) mass is 492 g/mol. The Kier molecular flexibility index (Phi) is 6.06. The number of nitrogens with one attached hydrogen (secondary N) is 1. The maximum absolute atomic E-state index is 12.8. The second-order valence-corrected chi connectivity index (χ2v) is 8.66. The van der Waals surface area contributed by atoms with Gasteiger partial charge in [0, 0.05) is 17.2 Å². The number of nitrogens with zero attached hydrogens (tertiary/aromatic N) is 4. The van der Waals surface area contributed by atoms with Crippen LogP contribution in [0.25, 0.3) is 6.08 Å². The summed E-state index contributed by atoms with van der Waals surface area (Å²) in [5, 5.41) is 29.0. The number of carbonyl (C=O) groups is 3. The Balaban J connectivity index is 1.51. The molecule has 13 nitrogen and oxygen atoms in total. The van der Waals surface area contributed by atoms with Crippen molar-refractivity contribution in [1.82, 2.24) is 20.4 Å². The molecule has 2 aromatic rings. The van der Waals surface area contributed by atoms with Crippen LogP contribution in [0, 0.1) is 0 Å². The van der Waals surface area contributed by atoms with Crippen molar-refractivity contribution in [2.24, 2.45) is 5.16 Å². The number of β-lactam (4-membered cyclic amide) rings is 1. The van der Waals surface area contributed by atoms with E-state index in [0.29, 0.717) is 11.3 Å². The number of carboxylic acids is 1. The van der Waals surface area contributed by atoms with Crippen LogP contribution in [0.1, 0.15) is 11.5 Å². The van der Waals surface area contributed by atoms with Gasteiger partial charge in [-0.15, -0.1) is 23.1 Å². The van der Waals surface area contributed by atoms with Crippen LogP contribution in [0.5, 0.6) is 5.88 Å². The zero-order valence-electron chi connectivity index (χ0n) is 16.8. The van der Waals surface area contributed by atoms with Gasteiger partial charge in [0.25, 0.3) is 17.7 Å². The van der Waals surface area contributed by atoms with Crippen molar-refractivity contribution < 1.29 is 34.0 Å². The maximum Gasteiger partial charge on any atom is 0.352 e. The van der Waals surface area contributed by atoms with E-state index in [9.17, 15) is 24.7 Å². The number of hydrogen-bond donors (Lipinski definition) is 4. The first-order valence-corrected chi connectivity index (χ1v) is 11.1. The summed E-state index contributed by atoms with van der Waals surface area (Å²) in [5.74, 6) is -1.87. The van der Waals surface area contributed by atoms with Gasteiger partial charge in [0.1, 0.15) is 22.8 Å². The molecule has 2 amide bonds. The third-order valence-electron chi connectivity index (χ3n) is 4.73. The van der Waals surface area contributed by atoms with Crippen LogP contribution in [0.4, 0.5) is 5.13 Å². The highest BCUT2D eigenvalue weighted by molar-refractivity contribution is 8.00. The van der Waals surface area contributed by atoms with Crippen LogP contribution in [0.3, 0.4) is 0 Å². The number of rotatable bonds is 7. The van der Waals surface area contributed by atoms with Gasteiger partial charge in [0.15, 0.2) is 16.6 Å². The number of carboxylic acid groups (broad SMARTS) is 1. The van der Waals surface area contributed by atoms with Crippen molar-refractivity contribution in [3.63, 3.8) is 0 Å². The maximum atomic E-state index is 12.8. The quantitative estimate of drug-likeness (QED) is 0.180. The molecule has 2 aromatic heterocycles. The SMILES string of the molecule is COc1cc(/C=C\C2=C(C(=O)O)N3C(=O)[C@@H](NC(=O)/C(=N\O)c4csc(N)n4)[C@H]3SC2)on1. The molecule has 2 aliphatic heterocycles. The molecular weight excluding hydrogens is 476 g/mol. The van der Waals surface area contributed by atoms with E-state index in [4.69, 9.17) is 15.0 Å². The highest BCUT2D eigenvalue weighted by atomic mass is 32.2. The van der Waals surface area contributed by atoms with Crippen molar-refractivity contribution >= 4 is 57.8 Å². The lowest BCUT2D eigenvalue weighted by Gasteiger charge is -2.49. The molecule has 0 aliphatic carbocycles. The highest BCUT2D eigenvalue weighted by Crippen LogP contribution is 2.40. The fourth-order valence-electron chi connectivity index (χ4n) is 3.22. The summed E-state index contributed by atoms with van der Waals surface area (Å²) in [7, 11) is 1.43. The minimum absolute atomic E-state index is 0.0556. The van der Waals surface area contributed by atoms with Gasteiger partial charge >= 0.3 is 5.97 Å². The minimum Gasteiger partial charge on any atom is -0.479 e. The molecule has 4 heterocycles. The van der Waals surface area contributed by atoms with Gasteiger partial charge < -0.3 is 30.6 Å². The standard InChI is InChI=1S/C18H16N6O7S2/c1-30-10-4-8(31-23-10)3-2-7-5-32-16-12(15(26)24(16)13(7)17(27)28)21-14(25)11(22-29)9-6-33-18(19)20-9/h2-4,6,12,16,29H,5H2,1H3,(H2,19,20)(H,21,25)(H,27,28)/b3-2-,22-11-/t12-,16-/m1/s1. The zero-order valence-corrected chi connectivity index (χ0v) is 18.4. The average molecular weight is 492 g/mol. The lowest BCUT2D eigenvalue weighted by atomic mass is 10.0. The smallest absolute Gasteiger partial charge is 0.352 e. The number of aliphatic carboxylic acids is 1. The average Bonchev–Trinajstić information content (AvgIpc) is 3.44. The van der Waals surface area contributed by atoms with Crippen molar-refractivity contribution in [1.29, 1.82) is 0 Å². The fraction of sp³-hybridized carbons (Fsp3) is 0.222. The Bertz CT molecular complexity index is 1220. The van der Waals surface area contributed by atoms with E-state index in [1.807, 2.05) is 0 Å². The van der Waals surface area contributed by atoms with Gasteiger partial charge in [-0.1, -0.05) is 11.2 Å². The van der Waals surface area contributed by atoms with Crippen molar-refractivity contribution in [3.8, 4) is 5.88 Å². The predicted octanol–water partition coefficient (Wildman–Crippen LogP) is 0.352. The van der Waals surface area contributed by atoms with Crippen LogP contribution in [-0.2, 0) is 14.4 Å². The number of amides is 2. The van der Waals surface area contributed by atoms with Crippen molar-refractivity contribution in [3.05, 3.63) is 40.2 Å². The van der Waals surface area contributed by atoms with Gasteiger partial charge in [-0.25, -0.2) is 9.78 Å².